The van der Waals surface area contributed by atoms with Crippen molar-refractivity contribution in [3.05, 3.63) is 16.9 Å². The smallest absolute Gasteiger partial charge is 0.237 e. The van der Waals surface area contributed by atoms with Gasteiger partial charge in [-0.15, -0.1) is 0 Å². The van der Waals surface area contributed by atoms with Crippen molar-refractivity contribution < 1.29 is 4.79 Å². The van der Waals surface area contributed by atoms with Crippen LogP contribution in [0.3, 0.4) is 0 Å². The molecule has 2 saturated heterocycles. The number of halogens is 1. The molecule has 134 valence electrons. The van der Waals surface area contributed by atoms with Gasteiger partial charge in [0.2, 0.25) is 11.9 Å². The number of aromatic nitrogens is 2. The number of anilines is 1. The van der Waals surface area contributed by atoms with E-state index < -0.39 is 0 Å². The molecule has 2 fully saturated rings. The summed E-state index contributed by atoms with van der Waals surface area (Å²) in [6.45, 7) is 4.85. The Balaban J connectivity index is 1.50. The van der Waals surface area contributed by atoms with Crippen molar-refractivity contribution in [2.45, 2.75) is 44.2 Å². The lowest BCUT2D eigenvalue weighted by atomic mass is 9.89. The second-order valence-corrected chi connectivity index (χ2v) is 7.89. The van der Waals surface area contributed by atoms with Gasteiger partial charge in [0.05, 0.1) is 17.1 Å². The van der Waals surface area contributed by atoms with Crippen LogP contribution in [0.4, 0.5) is 5.95 Å². The van der Waals surface area contributed by atoms with Gasteiger partial charge < -0.3 is 15.1 Å². The monoisotopic (exact) mass is 406 g/mol. The number of rotatable bonds is 4. The predicted octanol–water partition coefficient (Wildman–Crippen LogP) is 1.70. The fraction of sp³-hybridized carbons (Fsp3) is 0.647. The molecule has 2 aliphatic rings. The summed E-state index contributed by atoms with van der Waals surface area (Å²) in [6.07, 6.45) is 7.07. The second kappa shape index (κ2) is 7.67. The highest BCUT2D eigenvalue weighted by atomic mass is 79.9. The van der Waals surface area contributed by atoms with E-state index in [0.29, 0.717) is 13.1 Å². The predicted molar refractivity (Wildman–Crippen MR) is 97.9 cm³/mol. The number of piperidine rings is 1. The number of nitrogens with one attached hydrogen (secondary N) is 1. The molecule has 0 saturated carbocycles. The van der Waals surface area contributed by atoms with Gasteiger partial charge in [0.1, 0.15) is 6.04 Å². The number of carbonyl (C=O) groups is 1. The second-order valence-electron chi connectivity index (χ2n) is 6.98. The molecule has 25 heavy (non-hydrogen) atoms. The van der Waals surface area contributed by atoms with Gasteiger partial charge in [-0.1, -0.05) is 0 Å². The molecule has 7 nitrogen and oxygen atoms in total. The maximum atomic E-state index is 12.4. The number of nitrogens with zero attached hydrogens (tertiary/aromatic N) is 5. The topological polar surface area (TPSA) is 85.2 Å². The van der Waals surface area contributed by atoms with Gasteiger partial charge in [0.15, 0.2) is 0 Å². The van der Waals surface area contributed by atoms with E-state index in [4.69, 9.17) is 5.26 Å². The summed E-state index contributed by atoms with van der Waals surface area (Å²) in [7, 11) is 0. The average Bonchev–Trinajstić information content (AvgIpc) is 3.10. The summed E-state index contributed by atoms with van der Waals surface area (Å²) in [4.78, 5) is 25.0. The van der Waals surface area contributed by atoms with Crippen LogP contribution in [0.5, 0.6) is 0 Å². The molecule has 2 aliphatic heterocycles. The van der Waals surface area contributed by atoms with Crippen molar-refractivity contribution in [3.63, 3.8) is 0 Å². The van der Waals surface area contributed by atoms with Crippen molar-refractivity contribution in [1.82, 2.24) is 20.2 Å². The van der Waals surface area contributed by atoms with Crippen LogP contribution in [-0.4, -0.2) is 58.5 Å². The maximum Gasteiger partial charge on any atom is 0.237 e. The summed E-state index contributed by atoms with van der Waals surface area (Å²) in [5.74, 6) is 0.777. The zero-order chi connectivity index (χ0) is 17.9. The zero-order valence-electron chi connectivity index (χ0n) is 14.4. The lowest BCUT2D eigenvalue weighted by Gasteiger charge is -2.40. The molecular weight excluding hydrogens is 384 g/mol. The normalized spacial score (nSPS) is 22.7. The maximum absolute atomic E-state index is 12.4. The number of hydrogen-bond donors (Lipinski definition) is 1. The van der Waals surface area contributed by atoms with Gasteiger partial charge >= 0.3 is 0 Å². The van der Waals surface area contributed by atoms with Crippen LogP contribution in [0, 0.1) is 11.3 Å². The number of likely N-dealkylation sites (tertiary alicyclic amines) is 1. The third kappa shape index (κ3) is 4.28. The molecule has 0 aliphatic carbocycles. The van der Waals surface area contributed by atoms with E-state index in [2.05, 4.69) is 49.1 Å². The van der Waals surface area contributed by atoms with Crippen LogP contribution in [0.2, 0.25) is 0 Å². The van der Waals surface area contributed by atoms with Crippen LogP contribution in [-0.2, 0) is 4.79 Å². The molecule has 0 bridgehead atoms. The average molecular weight is 407 g/mol. The number of nitriles is 1. The molecule has 0 radical (unpaired) electrons. The molecule has 1 aromatic heterocycles. The van der Waals surface area contributed by atoms with Crippen molar-refractivity contribution in [3.8, 4) is 6.07 Å². The van der Waals surface area contributed by atoms with E-state index in [1.165, 1.54) is 0 Å². The Bertz CT molecular complexity index is 650. The van der Waals surface area contributed by atoms with E-state index >= 15 is 0 Å². The molecule has 1 N–H and O–H groups in total. The van der Waals surface area contributed by atoms with Crippen molar-refractivity contribution in [2.24, 2.45) is 0 Å². The molecule has 1 atom stereocenters. The Morgan fingerprint density at radius 2 is 2.08 bits per heavy atom. The molecule has 8 heteroatoms. The highest BCUT2D eigenvalue weighted by Crippen LogP contribution is 2.24. The number of amides is 1. The highest BCUT2D eigenvalue weighted by molar-refractivity contribution is 9.10. The third-order valence-electron chi connectivity index (χ3n) is 5.15. The quantitative estimate of drug-likeness (QED) is 0.818. The Morgan fingerprint density at radius 1 is 1.40 bits per heavy atom. The van der Waals surface area contributed by atoms with E-state index in [1.807, 2.05) is 0 Å². The molecule has 0 aromatic carbocycles. The van der Waals surface area contributed by atoms with Gasteiger partial charge in [-0.2, -0.15) is 5.26 Å². The first-order chi connectivity index (χ1) is 12.0. The Labute approximate surface area is 156 Å². The van der Waals surface area contributed by atoms with Crippen LogP contribution >= 0.6 is 15.9 Å². The fourth-order valence-electron chi connectivity index (χ4n) is 3.44. The van der Waals surface area contributed by atoms with E-state index in [0.717, 1.165) is 49.2 Å². The summed E-state index contributed by atoms with van der Waals surface area (Å²) in [5, 5.41) is 12.5. The zero-order valence-corrected chi connectivity index (χ0v) is 16.0. The van der Waals surface area contributed by atoms with Crippen LogP contribution in [0.1, 0.15) is 32.6 Å². The highest BCUT2D eigenvalue weighted by Gasteiger charge is 2.33. The Kier molecular flexibility index (Phi) is 5.54. The molecule has 3 rings (SSSR count). The van der Waals surface area contributed by atoms with Gasteiger partial charge in [-0.25, -0.2) is 9.97 Å². The minimum atomic E-state index is -0.251. The van der Waals surface area contributed by atoms with E-state index in [-0.39, 0.29) is 17.5 Å². The lowest BCUT2D eigenvalue weighted by molar-refractivity contribution is -0.130. The van der Waals surface area contributed by atoms with Crippen LogP contribution in [0.25, 0.3) is 0 Å². The van der Waals surface area contributed by atoms with Crippen molar-refractivity contribution in [2.75, 3.05) is 31.1 Å². The summed E-state index contributed by atoms with van der Waals surface area (Å²) >= 11 is 3.35. The van der Waals surface area contributed by atoms with Gasteiger partial charge in [0, 0.05) is 37.6 Å². The Morgan fingerprint density at radius 3 is 2.72 bits per heavy atom. The SMILES string of the molecule is CC1(NCC(=O)N2CCC[C@H]2C#N)CCN(c2ncc(Br)cn2)CC1. The third-order valence-corrected chi connectivity index (χ3v) is 5.55. The first kappa shape index (κ1) is 18.1. The van der Waals surface area contributed by atoms with Gasteiger partial charge in [-0.05, 0) is 48.5 Å². The molecule has 1 amide bonds. The van der Waals surface area contributed by atoms with E-state index in [9.17, 15) is 4.79 Å². The number of carbonyl (C=O) groups excluding carboxylic acids is 1. The molecular formula is C17H23BrN6O. The van der Waals surface area contributed by atoms with Crippen molar-refractivity contribution >= 4 is 27.8 Å². The fourth-order valence-corrected chi connectivity index (χ4v) is 3.64. The largest absolute Gasteiger partial charge is 0.341 e. The van der Waals surface area contributed by atoms with Crippen molar-refractivity contribution in [1.29, 1.82) is 5.26 Å². The summed E-state index contributed by atoms with van der Waals surface area (Å²) in [5.41, 5.74) is -0.0800. The molecule has 3 heterocycles. The summed E-state index contributed by atoms with van der Waals surface area (Å²) in [6, 6.07) is 1.97. The lowest BCUT2D eigenvalue weighted by Crippen LogP contribution is -2.54. The van der Waals surface area contributed by atoms with E-state index in [1.54, 1.807) is 17.3 Å². The first-order valence-corrected chi connectivity index (χ1v) is 9.47. The van der Waals surface area contributed by atoms with Gasteiger partial charge in [0.25, 0.3) is 0 Å². The standard InChI is InChI=1S/C17H23BrN6O/c1-17(22-12-15(25)24-6-2-3-14(24)9-19)4-7-23(8-5-17)16-20-10-13(18)11-21-16/h10-11,14,22H,2-8,12H2,1H3/t14-/m0/s1. The van der Waals surface area contributed by atoms with Gasteiger partial charge in [-0.3, -0.25) is 4.79 Å². The minimum Gasteiger partial charge on any atom is -0.341 e. The Hall–Kier alpha value is -1.72. The number of hydrogen-bond acceptors (Lipinski definition) is 6. The van der Waals surface area contributed by atoms with Crippen LogP contribution in [0.15, 0.2) is 16.9 Å². The molecule has 0 spiro atoms. The summed E-state index contributed by atoms with van der Waals surface area (Å²) < 4.78 is 0.871. The van der Waals surface area contributed by atoms with Crippen LogP contribution < -0.4 is 10.2 Å². The minimum absolute atomic E-state index is 0.0314. The first-order valence-electron chi connectivity index (χ1n) is 8.67. The molecule has 1 aromatic rings. The molecule has 0 unspecified atom stereocenters.